The number of nitrogens with two attached hydrogens (primary N) is 1. The molecule has 5 aromatic rings. The maximum Gasteiger partial charge on any atom is 0.253 e. The minimum absolute atomic E-state index is 0.0144. The number of amides is 1. The Morgan fingerprint density at radius 2 is 1.85 bits per heavy atom. The second-order valence-electron chi connectivity index (χ2n) is 9.38. The van der Waals surface area contributed by atoms with Gasteiger partial charge in [-0.05, 0) is 63.4 Å². The van der Waals surface area contributed by atoms with Gasteiger partial charge in [0.05, 0.1) is 28.5 Å². The number of piperidine rings is 1. The average Bonchev–Trinajstić information content (AvgIpc) is 3.45. The summed E-state index contributed by atoms with van der Waals surface area (Å²) in [5.74, 6) is 0.836. The normalized spacial score (nSPS) is 15.1. The molecule has 0 bridgehead atoms. The van der Waals surface area contributed by atoms with E-state index in [4.69, 9.17) is 15.5 Å². The Bertz CT molecular complexity index is 1620. The summed E-state index contributed by atoms with van der Waals surface area (Å²) in [7, 11) is 0. The van der Waals surface area contributed by atoms with Crippen LogP contribution in [0.25, 0.3) is 38.3 Å². The number of fused-ring (bicyclic) bond motifs is 3. The first kappa shape index (κ1) is 20.5. The van der Waals surface area contributed by atoms with E-state index in [0.717, 1.165) is 74.0 Å². The highest BCUT2D eigenvalue weighted by Gasteiger charge is 2.26. The Labute approximate surface area is 196 Å². The van der Waals surface area contributed by atoms with Gasteiger partial charge in [-0.2, -0.15) is 5.26 Å². The molecule has 0 spiro atoms. The summed E-state index contributed by atoms with van der Waals surface area (Å²) in [5.41, 5.74) is 13.8. The van der Waals surface area contributed by atoms with Crippen molar-refractivity contribution in [2.24, 2.45) is 5.92 Å². The Balaban J connectivity index is 1.53. The number of benzene rings is 2. The first-order chi connectivity index (χ1) is 16.4. The summed E-state index contributed by atoms with van der Waals surface area (Å²) in [4.78, 5) is 15.1. The summed E-state index contributed by atoms with van der Waals surface area (Å²) in [6, 6.07) is 12.5. The average molecular weight is 452 g/mol. The van der Waals surface area contributed by atoms with Crippen LogP contribution in [0.5, 0.6) is 0 Å². The van der Waals surface area contributed by atoms with E-state index in [9.17, 15) is 4.79 Å². The van der Waals surface area contributed by atoms with Gasteiger partial charge in [-0.15, -0.1) is 0 Å². The molecule has 1 aliphatic heterocycles. The number of hydrogen-bond acceptors (Lipinski definition) is 5. The van der Waals surface area contributed by atoms with Gasteiger partial charge in [0.15, 0.2) is 0 Å². The molecule has 2 aromatic carbocycles. The first-order valence-corrected chi connectivity index (χ1v) is 11.6. The predicted molar refractivity (Wildman–Crippen MR) is 132 cm³/mol. The molecule has 6 rings (SSSR count). The lowest BCUT2D eigenvalue weighted by Crippen LogP contribution is -2.38. The molecular formula is C27H25N5O2. The molecule has 1 saturated heterocycles. The van der Waals surface area contributed by atoms with Crippen LogP contribution in [0.3, 0.4) is 0 Å². The maximum atomic E-state index is 13.3. The number of nitrogen functional groups attached to an aromatic ring is 1. The van der Waals surface area contributed by atoms with E-state index in [2.05, 4.69) is 27.8 Å². The number of aromatic nitrogens is 2. The highest BCUT2D eigenvalue weighted by molar-refractivity contribution is 6.20. The van der Waals surface area contributed by atoms with Gasteiger partial charge in [-0.1, -0.05) is 11.2 Å². The predicted octanol–water partition coefficient (Wildman–Crippen LogP) is 5.22. The molecule has 0 radical (unpaired) electrons. The molecule has 1 aliphatic rings. The molecule has 7 heteroatoms. The number of hydrogen-bond donors (Lipinski definition) is 1. The van der Waals surface area contributed by atoms with E-state index >= 15 is 0 Å². The van der Waals surface area contributed by atoms with E-state index in [1.807, 2.05) is 43.9 Å². The lowest BCUT2D eigenvalue weighted by Gasteiger charge is -2.29. The molecule has 0 aliphatic carbocycles. The van der Waals surface area contributed by atoms with Crippen molar-refractivity contribution in [1.82, 2.24) is 14.5 Å². The molecule has 34 heavy (non-hydrogen) atoms. The lowest BCUT2D eigenvalue weighted by molar-refractivity contribution is 0.0707. The van der Waals surface area contributed by atoms with Gasteiger partial charge in [0.25, 0.3) is 5.91 Å². The number of carbonyl (C=O) groups is 1. The van der Waals surface area contributed by atoms with Crippen molar-refractivity contribution < 1.29 is 9.32 Å². The van der Waals surface area contributed by atoms with Crippen molar-refractivity contribution in [3.05, 3.63) is 53.0 Å². The number of nitriles is 1. The van der Waals surface area contributed by atoms with Crippen LogP contribution in [0.4, 0.5) is 5.69 Å². The third kappa shape index (κ3) is 2.75. The minimum Gasteiger partial charge on any atom is -0.397 e. The highest BCUT2D eigenvalue weighted by atomic mass is 16.5. The van der Waals surface area contributed by atoms with Gasteiger partial charge < -0.3 is 19.6 Å². The second kappa shape index (κ2) is 7.22. The molecule has 0 unspecified atom stereocenters. The molecule has 0 atom stereocenters. The molecule has 0 saturated carbocycles. The van der Waals surface area contributed by atoms with Gasteiger partial charge in [-0.3, -0.25) is 4.79 Å². The Morgan fingerprint density at radius 3 is 2.53 bits per heavy atom. The Morgan fingerprint density at radius 1 is 1.12 bits per heavy atom. The summed E-state index contributed by atoms with van der Waals surface area (Å²) in [6.45, 7) is 7.12. The van der Waals surface area contributed by atoms with Crippen LogP contribution in [-0.4, -0.2) is 33.5 Å². The lowest BCUT2D eigenvalue weighted by atomic mass is 9.97. The van der Waals surface area contributed by atoms with Crippen LogP contribution in [0, 0.1) is 38.0 Å². The van der Waals surface area contributed by atoms with Crippen LogP contribution in [0.2, 0.25) is 0 Å². The van der Waals surface area contributed by atoms with Crippen molar-refractivity contribution in [2.75, 3.05) is 18.8 Å². The molecule has 1 amide bonds. The van der Waals surface area contributed by atoms with E-state index < -0.39 is 0 Å². The number of aryl methyl sites for hydroxylation is 3. The first-order valence-electron chi connectivity index (χ1n) is 11.6. The third-order valence-electron chi connectivity index (χ3n) is 7.41. The fraction of sp³-hybridized carbons (Fsp3) is 0.296. The zero-order valence-electron chi connectivity index (χ0n) is 19.5. The van der Waals surface area contributed by atoms with Crippen LogP contribution in [0.15, 0.2) is 34.9 Å². The van der Waals surface area contributed by atoms with Crippen LogP contribution >= 0.6 is 0 Å². The molecule has 170 valence electrons. The van der Waals surface area contributed by atoms with Crippen molar-refractivity contribution in [1.29, 1.82) is 5.26 Å². The minimum atomic E-state index is 0.0144. The number of rotatable bonds is 2. The van der Waals surface area contributed by atoms with E-state index in [1.54, 1.807) is 0 Å². The standard InChI is InChI=1S/C27H25N5O2/c1-14-24(16(3)34-30-14)19-10-21-20-5-4-18(27(33)31-8-6-17(13-28)7-9-31)12-23(20)32-15(2)25(29)22(11-19)26(21)32/h4-5,10-12,17H,6-9,29H2,1-3H3. The number of anilines is 1. The monoisotopic (exact) mass is 451 g/mol. The van der Waals surface area contributed by atoms with Crippen molar-refractivity contribution in [3.63, 3.8) is 0 Å². The number of likely N-dealkylation sites (tertiary alicyclic amines) is 1. The van der Waals surface area contributed by atoms with Crippen LogP contribution < -0.4 is 5.73 Å². The van der Waals surface area contributed by atoms with Crippen LogP contribution in [-0.2, 0) is 0 Å². The molecule has 4 heterocycles. The van der Waals surface area contributed by atoms with E-state index in [0.29, 0.717) is 18.7 Å². The summed E-state index contributed by atoms with van der Waals surface area (Å²) in [5, 5.41) is 16.5. The third-order valence-corrected chi connectivity index (χ3v) is 7.41. The van der Waals surface area contributed by atoms with E-state index in [1.165, 1.54) is 0 Å². The van der Waals surface area contributed by atoms with Crippen LogP contribution in [0.1, 0.15) is 40.3 Å². The largest absolute Gasteiger partial charge is 0.397 e. The summed E-state index contributed by atoms with van der Waals surface area (Å²) >= 11 is 0. The zero-order chi connectivity index (χ0) is 23.7. The van der Waals surface area contributed by atoms with E-state index in [-0.39, 0.29) is 11.8 Å². The fourth-order valence-corrected chi connectivity index (χ4v) is 5.58. The molecular weight excluding hydrogens is 426 g/mol. The highest BCUT2D eigenvalue weighted by Crippen LogP contribution is 2.42. The molecule has 2 N–H and O–H groups in total. The maximum absolute atomic E-state index is 13.3. The summed E-state index contributed by atoms with van der Waals surface area (Å²) < 4.78 is 7.59. The van der Waals surface area contributed by atoms with Gasteiger partial charge in [0.1, 0.15) is 5.76 Å². The summed E-state index contributed by atoms with van der Waals surface area (Å²) in [6.07, 6.45) is 1.47. The van der Waals surface area contributed by atoms with Crippen molar-refractivity contribution in [2.45, 2.75) is 33.6 Å². The molecule has 1 fully saturated rings. The quantitative estimate of drug-likeness (QED) is 0.396. The SMILES string of the molecule is Cc1noc(C)c1-c1cc2c(N)c(C)n3c4cc(C(=O)N5CCC(C#N)CC5)ccc4c(c1)c23. The fourth-order valence-electron chi connectivity index (χ4n) is 5.58. The Kier molecular flexibility index (Phi) is 4.37. The number of carbonyl (C=O) groups excluding carboxylic acids is 1. The van der Waals surface area contributed by atoms with Gasteiger partial charge in [0.2, 0.25) is 0 Å². The second-order valence-corrected chi connectivity index (χ2v) is 9.38. The Hall–Kier alpha value is -4.05. The van der Waals surface area contributed by atoms with Crippen molar-refractivity contribution in [3.8, 4) is 17.2 Å². The molecule has 3 aromatic heterocycles. The van der Waals surface area contributed by atoms with Gasteiger partial charge in [0, 0.05) is 52.0 Å². The van der Waals surface area contributed by atoms with Gasteiger partial charge >= 0.3 is 0 Å². The van der Waals surface area contributed by atoms with Gasteiger partial charge in [-0.25, -0.2) is 0 Å². The van der Waals surface area contributed by atoms with Crippen molar-refractivity contribution >= 4 is 38.8 Å². The number of nitrogens with zero attached hydrogens (tertiary/aromatic N) is 4. The zero-order valence-corrected chi connectivity index (χ0v) is 19.5. The smallest absolute Gasteiger partial charge is 0.253 e. The molecule has 7 nitrogen and oxygen atoms in total. The topological polar surface area (TPSA) is 101 Å².